The second-order valence-corrected chi connectivity index (χ2v) is 4.49. The van der Waals surface area contributed by atoms with Gasteiger partial charge in [0.15, 0.2) is 0 Å². The highest BCUT2D eigenvalue weighted by molar-refractivity contribution is 5.71. The fourth-order valence-corrected chi connectivity index (χ4v) is 2.60. The normalized spacial score (nSPS) is 13.6. The van der Waals surface area contributed by atoms with Crippen LogP contribution >= 0.6 is 0 Å². The molecule has 0 radical (unpaired) electrons. The van der Waals surface area contributed by atoms with Crippen LogP contribution in [-0.4, -0.2) is 10.2 Å². The highest BCUT2D eigenvalue weighted by Gasteiger charge is 2.18. The van der Waals surface area contributed by atoms with Crippen LogP contribution in [0.5, 0.6) is 11.5 Å². The molecule has 86 valence electrons. The Labute approximate surface area is 100 Å². The van der Waals surface area contributed by atoms with Crippen molar-refractivity contribution >= 4 is 0 Å². The van der Waals surface area contributed by atoms with E-state index in [-0.39, 0.29) is 5.75 Å². The Morgan fingerprint density at radius 2 is 1.47 bits per heavy atom. The van der Waals surface area contributed by atoms with Crippen molar-refractivity contribution in [3.8, 4) is 22.6 Å². The van der Waals surface area contributed by atoms with E-state index in [0.717, 1.165) is 30.4 Å². The lowest BCUT2D eigenvalue weighted by Crippen LogP contribution is -1.89. The zero-order chi connectivity index (χ0) is 11.8. The molecule has 0 atom stereocenters. The lowest BCUT2D eigenvalue weighted by molar-refractivity contribution is 0.469. The van der Waals surface area contributed by atoms with Crippen molar-refractivity contribution < 1.29 is 10.2 Å². The van der Waals surface area contributed by atoms with Gasteiger partial charge in [0.2, 0.25) is 0 Å². The standard InChI is InChI=1S/C15H14O2/c16-11-6-4-10(5-7-11)12-8-9-15(17)14-3-1-2-13(12)14/h4-9,16-17H,1-3H2. The predicted octanol–water partition coefficient (Wildman–Crippen LogP) is 3.25. The number of rotatable bonds is 1. The summed E-state index contributed by atoms with van der Waals surface area (Å²) in [5.41, 5.74) is 4.63. The van der Waals surface area contributed by atoms with E-state index in [1.807, 2.05) is 18.2 Å². The number of phenolic OH excluding ortho intramolecular Hbond substituents is 2. The number of hydrogen-bond donors (Lipinski definition) is 2. The van der Waals surface area contributed by atoms with Gasteiger partial charge in [-0.15, -0.1) is 0 Å². The molecule has 3 rings (SSSR count). The third-order valence-electron chi connectivity index (χ3n) is 3.44. The van der Waals surface area contributed by atoms with Crippen molar-refractivity contribution in [2.24, 2.45) is 0 Å². The Hall–Kier alpha value is -1.96. The van der Waals surface area contributed by atoms with Gasteiger partial charge >= 0.3 is 0 Å². The molecule has 0 saturated heterocycles. The average Bonchev–Trinajstić information content (AvgIpc) is 2.81. The summed E-state index contributed by atoms with van der Waals surface area (Å²) in [6, 6.07) is 11.0. The average molecular weight is 226 g/mol. The summed E-state index contributed by atoms with van der Waals surface area (Å²) in [7, 11) is 0. The van der Waals surface area contributed by atoms with Gasteiger partial charge in [-0.3, -0.25) is 0 Å². The molecule has 2 aromatic carbocycles. The van der Waals surface area contributed by atoms with Crippen LogP contribution in [0.4, 0.5) is 0 Å². The van der Waals surface area contributed by atoms with Crippen LogP contribution in [0.1, 0.15) is 17.5 Å². The Kier molecular flexibility index (Phi) is 2.29. The SMILES string of the molecule is Oc1ccc(-c2ccc(O)c3c2CCC3)cc1. The highest BCUT2D eigenvalue weighted by atomic mass is 16.3. The third kappa shape index (κ3) is 1.66. The molecule has 1 aliphatic carbocycles. The lowest BCUT2D eigenvalue weighted by atomic mass is 9.96. The molecule has 0 bridgehead atoms. The van der Waals surface area contributed by atoms with Gasteiger partial charge in [-0.2, -0.15) is 0 Å². The number of fused-ring (bicyclic) bond motifs is 1. The molecular formula is C15H14O2. The zero-order valence-electron chi connectivity index (χ0n) is 9.48. The maximum atomic E-state index is 9.81. The predicted molar refractivity (Wildman–Crippen MR) is 67.2 cm³/mol. The maximum absolute atomic E-state index is 9.81. The quantitative estimate of drug-likeness (QED) is 0.783. The molecule has 0 fully saturated rings. The first-order valence-corrected chi connectivity index (χ1v) is 5.89. The summed E-state index contributed by atoms with van der Waals surface area (Å²) >= 11 is 0. The van der Waals surface area contributed by atoms with E-state index in [1.165, 1.54) is 11.1 Å². The second-order valence-electron chi connectivity index (χ2n) is 4.49. The Morgan fingerprint density at radius 1 is 0.765 bits per heavy atom. The minimum Gasteiger partial charge on any atom is -0.508 e. The van der Waals surface area contributed by atoms with Gasteiger partial charge in [0, 0.05) is 0 Å². The molecule has 2 N–H and O–H groups in total. The van der Waals surface area contributed by atoms with Gasteiger partial charge < -0.3 is 10.2 Å². The van der Waals surface area contributed by atoms with Crippen LogP contribution < -0.4 is 0 Å². The van der Waals surface area contributed by atoms with E-state index in [4.69, 9.17) is 0 Å². The molecule has 2 aromatic rings. The fourth-order valence-electron chi connectivity index (χ4n) is 2.60. The van der Waals surface area contributed by atoms with E-state index in [9.17, 15) is 10.2 Å². The monoisotopic (exact) mass is 226 g/mol. The molecule has 0 unspecified atom stereocenters. The molecule has 0 heterocycles. The minimum absolute atomic E-state index is 0.282. The number of benzene rings is 2. The van der Waals surface area contributed by atoms with E-state index in [1.54, 1.807) is 18.2 Å². The first-order chi connectivity index (χ1) is 8.25. The van der Waals surface area contributed by atoms with Gasteiger partial charge in [0.25, 0.3) is 0 Å². The summed E-state index contributed by atoms with van der Waals surface area (Å²) in [6.07, 6.45) is 3.10. The van der Waals surface area contributed by atoms with Gasteiger partial charge in [-0.1, -0.05) is 18.2 Å². The summed E-state index contributed by atoms with van der Waals surface area (Å²) in [4.78, 5) is 0. The topological polar surface area (TPSA) is 40.5 Å². The maximum Gasteiger partial charge on any atom is 0.119 e. The van der Waals surface area contributed by atoms with Gasteiger partial charge in [0.05, 0.1) is 0 Å². The van der Waals surface area contributed by atoms with Gasteiger partial charge in [-0.25, -0.2) is 0 Å². The molecule has 2 nitrogen and oxygen atoms in total. The number of aromatic hydroxyl groups is 2. The largest absolute Gasteiger partial charge is 0.508 e. The summed E-state index contributed by atoms with van der Waals surface area (Å²) in [5, 5.41) is 19.1. The van der Waals surface area contributed by atoms with Crippen LogP contribution in [-0.2, 0) is 12.8 Å². The smallest absolute Gasteiger partial charge is 0.119 e. The number of hydrogen-bond acceptors (Lipinski definition) is 2. The van der Waals surface area contributed by atoms with Gasteiger partial charge in [-0.05, 0) is 59.7 Å². The second kappa shape index (κ2) is 3.81. The molecule has 0 spiro atoms. The van der Waals surface area contributed by atoms with Crippen LogP contribution in [0.2, 0.25) is 0 Å². The summed E-state index contributed by atoms with van der Waals surface area (Å²) in [5.74, 6) is 0.698. The van der Waals surface area contributed by atoms with Crippen molar-refractivity contribution in [3.05, 3.63) is 47.5 Å². The molecule has 0 amide bonds. The molecule has 1 aliphatic rings. The fraction of sp³-hybridized carbons (Fsp3) is 0.200. The van der Waals surface area contributed by atoms with E-state index >= 15 is 0 Å². The molecule has 0 aliphatic heterocycles. The first kappa shape index (κ1) is 10.2. The lowest BCUT2D eigenvalue weighted by Gasteiger charge is -2.10. The molecule has 17 heavy (non-hydrogen) atoms. The van der Waals surface area contributed by atoms with Crippen LogP contribution in [0.15, 0.2) is 36.4 Å². The Morgan fingerprint density at radius 3 is 2.24 bits per heavy atom. The minimum atomic E-state index is 0.282. The van der Waals surface area contributed by atoms with Crippen molar-refractivity contribution in [2.45, 2.75) is 19.3 Å². The summed E-state index contributed by atoms with van der Waals surface area (Å²) < 4.78 is 0. The molecule has 0 saturated carbocycles. The van der Waals surface area contributed by atoms with Crippen LogP contribution in [0.3, 0.4) is 0 Å². The van der Waals surface area contributed by atoms with Crippen molar-refractivity contribution in [1.29, 1.82) is 0 Å². The number of phenols is 2. The third-order valence-corrected chi connectivity index (χ3v) is 3.44. The molecule has 0 aromatic heterocycles. The Bertz CT molecular complexity index is 556. The van der Waals surface area contributed by atoms with Gasteiger partial charge in [0.1, 0.15) is 11.5 Å². The van der Waals surface area contributed by atoms with E-state index in [0.29, 0.717) is 5.75 Å². The highest BCUT2D eigenvalue weighted by Crippen LogP contribution is 2.37. The zero-order valence-corrected chi connectivity index (χ0v) is 9.48. The van der Waals surface area contributed by atoms with Crippen molar-refractivity contribution in [3.63, 3.8) is 0 Å². The van der Waals surface area contributed by atoms with Crippen molar-refractivity contribution in [1.82, 2.24) is 0 Å². The molecular weight excluding hydrogens is 212 g/mol. The first-order valence-electron chi connectivity index (χ1n) is 5.89. The van der Waals surface area contributed by atoms with E-state index in [2.05, 4.69) is 0 Å². The molecule has 2 heteroatoms. The van der Waals surface area contributed by atoms with E-state index < -0.39 is 0 Å². The van der Waals surface area contributed by atoms with Crippen LogP contribution in [0.25, 0.3) is 11.1 Å². The Balaban J connectivity index is 2.16. The van der Waals surface area contributed by atoms with Crippen LogP contribution in [0, 0.1) is 0 Å². The summed E-state index contributed by atoms with van der Waals surface area (Å²) in [6.45, 7) is 0. The van der Waals surface area contributed by atoms with Crippen molar-refractivity contribution in [2.75, 3.05) is 0 Å².